The number of nitrogen functional groups attached to an aromatic ring is 1. The zero-order valence-corrected chi connectivity index (χ0v) is 12.0. The van der Waals surface area contributed by atoms with Gasteiger partial charge in [0.2, 0.25) is 0 Å². The molecule has 1 aromatic rings. The lowest BCUT2D eigenvalue weighted by Crippen LogP contribution is -2.20. The van der Waals surface area contributed by atoms with Crippen molar-refractivity contribution in [1.82, 2.24) is 0 Å². The summed E-state index contributed by atoms with van der Waals surface area (Å²) in [6.45, 7) is -0.109. The summed E-state index contributed by atoms with van der Waals surface area (Å²) in [7, 11) is 0. The molecule has 0 aliphatic heterocycles. The molecule has 1 aromatic carbocycles. The van der Waals surface area contributed by atoms with E-state index >= 15 is 0 Å². The SMILES string of the molecule is CC1CCC(CNc2cc(OC(F)F)c(F)cc2N)CC1. The smallest absolute Gasteiger partial charge is 0.387 e. The third kappa shape index (κ3) is 4.44. The molecule has 1 aliphatic rings. The number of anilines is 2. The largest absolute Gasteiger partial charge is 0.432 e. The Bertz CT molecular complexity index is 474. The number of nitrogens with two attached hydrogens (primary N) is 1. The fourth-order valence-electron chi connectivity index (χ4n) is 2.70. The van der Waals surface area contributed by atoms with E-state index in [1.807, 2.05) is 0 Å². The minimum Gasteiger partial charge on any atom is -0.432 e. The first-order valence-electron chi connectivity index (χ1n) is 7.23. The fourth-order valence-corrected chi connectivity index (χ4v) is 2.70. The first kappa shape index (κ1) is 15.8. The van der Waals surface area contributed by atoms with Crippen LogP contribution in [0.3, 0.4) is 0 Å². The summed E-state index contributed by atoms with van der Waals surface area (Å²) in [4.78, 5) is 0. The van der Waals surface area contributed by atoms with E-state index in [1.54, 1.807) is 0 Å². The summed E-state index contributed by atoms with van der Waals surface area (Å²) in [5.41, 5.74) is 6.34. The Hall–Kier alpha value is -1.59. The molecule has 3 N–H and O–H groups in total. The zero-order valence-electron chi connectivity index (χ0n) is 12.0. The molecule has 21 heavy (non-hydrogen) atoms. The molecule has 0 saturated heterocycles. The maximum Gasteiger partial charge on any atom is 0.387 e. The van der Waals surface area contributed by atoms with Crippen LogP contribution in [0.4, 0.5) is 24.5 Å². The molecular weight excluding hydrogens is 281 g/mol. The van der Waals surface area contributed by atoms with E-state index < -0.39 is 18.2 Å². The second-order valence-corrected chi connectivity index (χ2v) is 5.76. The van der Waals surface area contributed by atoms with Crippen LogP contribution in [0.5, 0.6) is 5.75 Å². The van der Waals surface area contributed by atoms with Gasteiger partial charge in [0.1, 0.15) is 0 Å². The van der Waals surface area contributed by atoms with E-state index in [2.05, 4.69) is 17.0 Å². The van der Waals surface area contributed by atoms with Crippen LogP contribution in [0.25, 0.3) is 0 Å². The second kappa shape index (κ2) is 6.91. The van der Waals surface area contributed by atoms with E-state index in [1.165, 1.54) is 18.9 Å². The minimum absolute atomic E-state index is 0.193. The van der Waals surface area contributed by atoms with Crippen LogP contribution in [0.1, 0.15) is 32.6 Å². The Morgan fingerprint density at radius 1 is 1.29 bits per heavy atom. The highest BCUT2D eigenvalue weighted by Crippen LogP contribution is 2.32. The van der Waals surface area contributed by atoms with Crippen LogP contribution in [0, 0.1) is 17.7 Å². The van der Waals surface area contributed by atoms with Gasteiger partial charge in [-0.1, -0.05) is 19.8 Å². The van der Waals surface area contributed by atoms with E-state index in [9.17, 15) is 13.2 Å². The molecule has 118 valence electrons. The van der Waals surface area contributed by atoms with Crippen molar-refractivity contribution in [2.45, 2.75) is 39.2 Å². The number of hydrogen-bond acceptors (Lipinski definition) is 3. The molecule has 0 heterocycles. The predicted octanol–water partition coefficient (Wildman–Crippen LogP) is 4.25. The van der Waals surface area contributed by atoms with Crippen molar-refractivity contribution in [1.29, 1.82) is 0 Å². The Balaban J connectivity index is 1.98. The topological polar surface area (TPSA) is 47.3 Å². The first-order valence-corrected chi connectivity index (χ1v) is 7.23. The molecule has 3 nitrogen and oxygen atoms in total. The molecule has 2 rings (SSSR count). The lowest BCUT2D eigenvalue weighted by Gasteiger charge is -2.26. The quantitative estimate of drug-likeness (QED) is 0.799. The van der Waals surface area contributed by atoms with E-state index in [-0.39, 0.29) is 5.69 Å². The van der Waals surface area contributed by atoms with Gasteiger partial charge < -0.3 is 15.8 Å². The Kier molecular flexibility index (Phi) is 5.20. The molecule has 1 saturated carbocycles. The average Bonchev–Trinajstić information content (AvgIpc) is 2.42. The second-order valence-electron chi connectivity index (χ2n) is 5.76. The van der Waals surface area contributed by atoms with E-state index in [0.29, 0.717) is 18.2 Å². The third-order valence-electron chi connectivity index (χ3n) is 4.04. The predicted molar refractivity (Wildman–Crippen MR) is 77.1 cm³/mol. The van der Waals surface area contributed by atoms with Gasteiger partial charge in [-0.05, 0) is 24.7 Å². The van der Waals surface area contributed by atoms with Crippen LogP contribution in [0.15, 0.2) is 12.1 Å². The number of hydrogen-bond donors (Lipinski definition) is 2. The average molecular weight is 302 g/mol. The van der Waals surface area contributed by atoms with Crippen LogP contribution < -0.4 is 15.8 Å². The van der Waals surface area contributed by atoms with Crippen molar-refractivity contribution in [3.05, 3.63) is 17.9 Å². The van der Waals surface area contributed by atoms with Gasteiger partial charge >= 0.3 is 6.61 Å². The molecule has 0 unspecified atom stereocenters. The maximum absolute atomic E-state index is 13.5. The molecule has 0 amide bonds. The monoisotopic (exact) mass is 302 g/mol. The molecule has 0 bridgehead atoms. The lowest BCUT2D eigenvalue weighted by molar-refractivity contribution is -0.0521. The van der Waals surface area contributed by atoms with Gasteiger partial charge in [-0.15, -0.1) is 0 Å². The number of nitrogens with one attached hydrogen (secondary N) is 1. The zero-order chi connectivity index (χ0) is 15.4. The summed E-state index contributed by atoms with van der Waals surface area (Å²) >= 11 is 0. The Morgan fingerprint density at radius 2 is 1.95 bits per heavy atom. The number of rotatable bonds is 5. The number of alkyl halides is 2. The minimum atomic E-state index is -3.06. The van der Waals surface area contributed by atoms with Crippen LogP contribution >= 0.6 is 0 Å². The van der Waals surface area contributed by atoms with Gasteiger partial charge in [0.25, 0.3) is 0 Å². The molecule has 6 heteroatoms. The molecule has 1 aliphatic carbocycles. The van der Waals surface area contributed by atoms with Gasteiger partial charge in [0.15, 0.2) is 11.6 Å². The van der Waals surface area contributed by atoms with Crippen LogP contribution in [-0.4, -0.2) is 13.2 Å². The molecule has 1 fully saturated rings. The van der Waals surface area contributed by atoms with Crippen molar-refractivity contribution < 1.29 is 17.9 Å². The van der Waals surface area contributed by atoms with Gasteiger partial charge in [-0.3, -0.25) is 0 Å². The van der Waals surface area contributed by atoms with E-state index in [0.717, 1.165) is 24.8 Å². The summed E-state index contributed by atoms with van der Waals surface area (Å²) in [5, 5.41) is 3.12. The molecule has 0 atom stereocenters. The summed E-state index contributed by atoms with van der Waals surface area (Å²) < 4.78 is 42.0. The van der Waals surface area contributed by atoms with Crippen molar-refractivity contribution in [3.8, 4) is 5.75 Å². The van der Waals surface area contributed by atoms with Crippen molar-refractivity contribution in [2.24, 2.45) is 11.8 Å². The highest BCUT2D eigenvalue weighted by molar-refractivity contribution is 5.68. The number of benzene rings is 1. The fraction of sp³-hybridized carbons (Fsp3) is 0.600. The molecule has 0 aromatic heterocycles. The van der Waals surface area contributed by atoms with Crippen LogP contribution in [-0.2, 0) is 0 Å². The summed E-state index contributed by atoms with van der Waals surface area (Å²) in [6.07, 6.45) is 4.67. The molecule has 0 spiro atoms. The molecule has 0 radical (unpaired) electrons. The first-order chi connectivity index (χ1) is 9.95. The highest BCUT2D eigenvalue weighted by Gasteiger charge is 2.19. The van der Waals surface area contributed by atoms with Gasteiger partial charge in [-0.2, -0.15) is 8.78 Å². The maximum atomic E-state index is 13.5. The van der Waals surface area contributed by atoms with Crippen molar-refractivity contribution >= 4 is 11.4 Å². The Morgan fingerprint density at radius 3 is 2.57 bits per heavy atom. The van der Waals surface area contributed by atoms with Crippen molar-refractivity contribution in [3.63, 3.8) is 0 Å². The highest BCUT2D eigenvalue weighted by atomic mass is 19.3. The van der Waals surface area contributed by atoms with Crippen LogP contribution in [0.2, 0.25) is 0 Å². The van der Waals surface area contributed by atoms with Gasteiger partial charge in [-0.25, -0.2) is 4.39 Å². The number of halogens is 3. The van der Waals surface area contributed by atoms with E-state index in [4.69, 9.17) is 5.73 Å². The molecular formula is C15H21F3N2O. The van der Waals surface area contributed by atoms with Gasteiger partial charge in [0, 0.05) is 18.7 Å². The summed E-state index contributed by atoms with van der Waals surface area (Å²) in [6, 6.07) is 2.20. The number of ether oxygens (including phenoxy) is 1. The van der Waals surface area contributed by atoms with Crippen molar-refractivity contribution in [2.75, 3.05) is 17.6 Å². The normalized spacial score (nSPS) is 22.3. The Labute approximate surface area is 122 Å². The standard InChI is InChI=1S/C15H21F3N2O/c1-9-2-4-10(5-3-9)8-20-13-7-14(21-15(17)18)11(16)6-12(13)19/h6-7,9-10,15,20H,2-5,8,19H2,1H3. The summed E-state index contributed by atoms with van der Waals surface area (Å²) in [5.74, 6) is -0.0721. The third-order valence-corrected chi connectivity index (χ3v) is 4.04. The van der Waals surface area contributed by atoms with Gasteiger partial charge in [0.05, 0.1) is 11.4 Å². The lowest BCUT2D eigenvalue weighted by atomic mass is 9.83.